The molecule has 28 heavy (non-hydrogen) atoms. The fraction of sp³-hybridized carbons (Fsp3) is 0.130. The third-order valence-electron chi connectivity index (χ3n) is 4.20. The first kappa shape index (κ1) is 19.0. The summed E-state index contributed by atoms with van der Waals surface area (Å²) in [4.78, 5) is 11.9. The molecule has 0 aromatic heterocycles. The highest BCUT2D eigenvalue weighted by Gasteiger charge is 2.09. The second-order valence-electron chi connectivity index (χ2n) is 6.22. The third kappa shape index (κ3) is 4.68. The van der Waals surface area contributed by atoms with Crippen molar-refractivity contribution in [3.8, 4) is 23.3 Å². The first-order valence-corrected chi connectivity index (χ1v) is 8.73. The lowest BCUT2D eigenvalue weighted by atomic mass is 10.1. The first-order valence-electron chi connectivity index (χ1n) is 8.73. The maximum absolute atomic E-state index is 11.9. The maximum atomic E-state index is 11.9. The third-order valence-corrected chi connectivity index (χ3v) is 4.20. The van der Waals surface area contributed by atoms with Crippen molar-refractivity contribution in [2.24, 2.45) is 0 Å². The lowest BCUT2D eigenvalue weighted by molar-refractivity contribution is 0.101. The molecule has 5 heteroatoms. The first-order chi connectivity index (χ1) is 13.6. The normalized spacial score (nSPS) is 10.1. The number of hydrogen-bond donors (Lipinski definition) is 1. The smallest absolute Gasteiger partial charge is 0.160 e. The number of rotatable bonds is 7. The number of benzene rings is 3. The molecule has 0 heterocycles. The number of phenols is 1. The van der Waals surface area contributed by atoms with Crippen LogP contribution in [0.5, 0.6) is 17.2 Å². The van der Waals surface area contributed by atoms with E-state index in [9.17, 15) is 15.2 Å². The zero-order valence-corrected chi connectivity index (χ0v) is 15.4. The van der Waals surface area contributed by atoms with Gasteiger partial charge in [-0.25, -0.2) is 0 Å². The fourth-order valence-corrected chi connectivity index (χ4v) is 2.65. The highest BCUT2D eigenvalue weighted by atomic mass is 16.5. The van der Waals surface area contributed by atoms with E-state index in [1.165, 1.54) is 6.92 Å². The summed E-state index contributed by atoms with van der Waals surface area (Å²) < 4.78 is 11.6. The lowest BCUT2D eigenvalue weighted by Crippen LogP contribution is -2.02. The predicted octanol–water partition coefficient (Wildman–Crippen LogP) is 4.62. The summed E-state index contributed by atoms with van der Waals surface area (Å²) in [5.74, 6) is 0.956. The van der Waals surface area contributed by atoms with Gasteiger partial charge >= 0.3 is 0 Å². The molecule has 0 saturated heterocycles. The molecule has 5 nitrogen and oxygen atoms in total. The average Bonchev–Trinajstić information content (AvgIpc) is 2.71. The van der Waals surface area contributed by atoms with Gasteiger partial charge in [-0.2, -0.15) is 5.26 Å². The molecule has 3 rings (SSSR count). The Morgan fingerprint density at radius 2 is 1.50 bits per heavy atom. The van der Waals surface area contributed by atoms with Gasteiger partial charge in [-0.05, 0) is 31.2 Å². The number of ether oxygens (including phenoxy) is 2. The molecule has 0 bridgehead atoms. The van der Waals surface area contributed by atoms with Gasteiger partial charge in [0.15, 0.2) is 5.78 Å². The van der Waals surface area contributed by atoms with Gasteiger partial charge in [-0.3, -0.25) is 4.79 Å². The van der Waals surface area contributed by atoms with Crippen LogP contribution in [0, 0.1) is 11.3 Å². The number of carbonyl (C=O) groups is 1. The second kappa shape index (κ2) is 8.74. The Balaban J connectivity index is 1.78. The van der Waals surface area contributed by atoms with E-state index in [4.69, 9.17) is 9.47 Å². The Labute approximate surface area is 163 Å². The van der Waals surface area contributed by atoms with Crippen molar-refractivity contribution in [2.75, 3.05) is 0 Å². The van der Waals surface area contributed by atoms with Gasteiger partial charge in [0.1, 0.15) is 30.5 Å². The molecule has 0 aliphatic heterocycles. The van der Waals surface area contributed by atoms with Gasteiger partial charge in [0.25, 0.3) is 0 Å². The number of phenolic OH excluding ortho intramolecular Hbond substituents is 1. The van der Waals surface area contributed by atoms with Crippen LogP contribution in [0.1, 0.15) is 34.0 Å². The predicted molar refractivity (Wildman–Crippen MR) is 104 cm³/mol. The van der Waals surface area contributed by atoms with E-state index in [0.717, 1.165) is 5.56 Å². The lowest BCUT2D eigenvalue weighted by Gasteiger charge is -2.12. The minimum Gasteiger partial charge on any atom is -0.508 e. The SMILES string of the molecule is CC(=O)c1cc(OCc2ccccc2O)cc(OCc2ccccc2C#N)c1. The van der Waals surface area contributed by atoms with Crippen molar-refractivity contribution < 1.29 is 19.4 Å². The van der Waals surface area contributed by atoms with E-state index in [1.54, 1.807) is 48.5 Å². The van der Waals surface area contributed by atoms with Gasteiger partial charge in [0.05, 0.1) is 11.6 Å². The van der Waals surface area contributed by atoms with Crippen LogP contribution in [-0.2, 0) is 13.2 Å². The Bertz CT molecular complexity index is 1040. The molecular weight excluding hydrogens is 354 g/mol. The topological polar surface area (TPSA) is 79.6 Å². The summed E-state index contributed by atoms with van der Waals surface area (Å²) in [7, 11) is 0. The van der Waals surface area contributed by atoms with Crippen LogP contribution in [0.4, 0.5) is 0 Å². The summed E-state index contributed by atoms with van der Waals surface area (Å²) in [6, 6.07) is 21.2. The van der Waals surface area contributed by atoms with Crippen LogP contribution in [0.25, 0.3) is 0 Å². The summed E-state index contributed by atoms with van der Waals surface area (Å²) in [6.45, 7) is 1.83. The van der Waals surface area contributed by atoms with Crippen LogP contribution in [0.2, 0.25) is 0 Å². The molecule has 1 N–H and O–H groups in total. The molecular formula is C23H19NO4. The number of nitrogens with zero attached hydrogens (tertiary/aromatic N) is 1. The van der Waals surface area contributed by atoms with Crippen molar-refractivity contribution in [3.63, 3.8) is 0 Å². The van der Waals surface area contributed by atoms with E-state index < -0.39 is 0 Å². The fourth-order valence-electron chi connectivity index (χ4n) is 2.65. The summed E-state index contributed by atoms with van der Waals surface area (Å²) in [5, 5.41) is 19.0. The van der Waals surface area contributed by atoms with Gasteiger partial charge in [0, 0.05) is 22.8 Å². The number of hydrogen-bond acceptors (Lipinski definition) is 5. The van der Waals surface area contributed by atoms with E-state index >= 15 is 0 Å². The van der Waals surface area contributed by atoms with E-state index in [-0.39, 0.29) is 24.7 Å². The zero-order valence-electron chi connectivity index (χ0n) is 15.4. The molecule has 0 fully saturated rings. The molecule has 0 aliphatic carbocycles. The van der Waals surface area contributed by atoms with Crippen molar-refractivity contribution in [3.05, 3.63) is 89.0 Å². The summed E-state index contributed by atoms with van der Waals surface area (Å²) >= 11 is 0. The highest BCUT2D eigenvalue weighted by Crippen LogP contribution is 2.26. The molecule has 0 amide bonds. The molecule has 0 atom stereocenters. The molecule has 3 aromatic rings. The molecule has 0 spiro atoms. The molecule has 0 saturated carbocycles. The second-order valence-corrected chi connectivity index (χ2v) is 6.22. The molecule has 140 valence electrons. The van der Waals surface area contributed by atoms with Crippen LogP contribution < -0.4 is 9.47 Å². The summed E-state index contributed by atoms with van der Waals surface area (Å²) in [5.41, 5.74) is 2.40. The quantitative estimate of drug-likeness (QED) is 0.611. The Morgan fingerprint density at radius 3 is 2.11 bits per heavy atom. The standard InChI is InChI=1S/C23H19NO4/c1-16(25)20-10-21(27-14-18-7-3-2-6-17(18)13-24)12-22(11-20)28-15-19-8-4-5-9-23(19)26/h2-12,26H,14-15H2,1H3. The molecule has 0 radical (unpaired) electrons. The molecule has 0 aliphatic rings. The Morgan fingerprint density at radius 1 is 0.929 bits per heavy atom. The van der Waals surface area contributed by atoms with Crippen molar-refractivity contribution >= 4 is 5.78 Å². The van der Waals surface area contributed by atoms with Gasteiger partial charge in [0.2, 0.25) is 0 Å². The summed E-state index contributed by atoms with van der Waals surface area (Å²) in [6.07, 6.45) is 0. The van der Waals surface area contributed by atoms with Crippen molar-refractivity contribution in [1.29, 1.82) is 5.26 Å². The zero-order chi connectivity index (χ0) is 19.9. The highest BCUT2D eigenvalue weighted by molar-refractivity contribution is 5.94. The number of Topliss-reactive ketones (excluding diaryl/α,β-unsaturated/α-hetero) is 1. The van der Waals surface area contributed by atoms with E-state index in [2.05, 4.69) is 6.07 Å². The van der Waals surface area contributed by atoms with Crippen LogP contribution >= 0.6 is 0 Å². The van der Waals surface area contributed by atoms with Crippen LogP contribution in [-0.4, -0.2) is 10.9 Å². The van der Waals surface area contributed by atoms with Gasteiger partial charge in [-0.1, -0.05) is 36.4 Å². The van der Waals surface area contributed by atoms with Gasteiger partial charge < -0.3 is 14.6 Å². The number of aromatic hydroxyl groups is 1. The van der Waals surface area contributed by atoms with E-state index in [1.807, 2.05) is 18.2 Å². The van der Waals surface area contributed by atoms with Crippen molar-refractivity contribution in [1.82, 2.24) is 0 Å². The number of carbonyl (C=O) groups excluding carboxylic acids is 1. The van der Waals surface area contributed by atoms with Crippen LogP contribution in [0.3, 0.4) is 0 Å². The Hall–Kier alpha value is -3.78. The Kier molecular flexibility index (Phi) is 5.93. The minimum absolute atomic E-state index is 0.115. The minimum atomic E-state index is -0.115. The largest absolute Gasteiger partial charge is 0.508 e. The van der Waals surface area contributed by atoms with Crippen LogP contribution in [0.15, 0.2) is 66.7 Å². The van der Waals surface area contributed by atoms with E-state index in [0.29, 0.717) is 28.2 Å². The number of nitriles is 1. The van der Waals surface area contributed by atoms with Gasteiger partial charge in [-0.15, -0.1) is 0 Å². The average molecular weight is 373 g/mol. The molecule has 0 unspecified atom stereocenters. The maximum Gasteiger partial charge on any atom is 0.160 e. The monoisotopic (exact) mass is 373 g/mol. The van der Waals surface area contributed by atoms with Crippen molar-refractivity contribution in [2.45, 2.75) is 20.1 Å². The number of ketones is 1. The number of para-hydroxylation sites is 1. The molecule has 3 aromatic carbocycles.